The molecule has 3 fully saturated rings. The summed E-state index contributed by atoms with van der Waals surface area (Å²) in [5.41, 5.74) is 1.25. The van der Waals surface area contributed by atoms with E-state index in [1.54, 1.807) is 0 Å². The van der Waals surface area contributed by atoms with Crippen molar-refractivity contribution < 1.29 is 14.3 Å². The molecule has 4 rings (SSSR count). The van der Waals surface area contributed by atoms with E-state index in [9.17, 15) is 9.59 Å². The van der Waals surface area contributed by atoms with Crippen molar-refractivity contribution in [1.82, 2.24) is 24.7 Å². The van der Waals surface area contributed by atoms with Crippen LogP contribution in [-0.2, 0) is 27.4 Å². The fraction of sp³-hybridized carbons (Fsp3) is 0.783. The Morgan fingerprint density at radius 3 is 2.90 bits per heavy atom. The van der Waals surface area contributed by atoms with Crippen LogP contribution in [0.5, 0.6) is 0 Å². The molecule has 0 radical (unpaired) electrons. The van der Waals surface area contributed by atoms with Gasteiger partial charge in [0.05, 0.1) is 24.2 Å². The number of aryl methyl sites for hydroxylation is 1. The molecule has 3 aliphatic heterocycles. The highest BCUT2D eigenvalue weighted by atomic mass is 16.5. The standard InChI is InChI=1S/C23H37N5O3/c1-4-27-15-24-9-19(27)13-26-11-17-8-18(12-26)21(10-25-22(29)14-31-16(2)3)28-20(17)6-5-7-23(28)30/h9,15-18,20-21H,4-8,10-14H2,1-3H3,(H,25,29)/t17-,18+,20+,21+/m1/s1. The summed E-state index contributed by atoms with van der Waals surface area (Å²) in [6.07, 6.45) is 7.72. The molecule has 4 atom stereocenters. The highest BCUT2D eigenvalue weighted by Crippen LogP contribution is 2.41. The molecule has 2 amide bonds. The second-order valence-electron chi connectivity index (χ2n) is 9.61. The van der Waals surface area contributed by atoms with E-state index in [0.29, 0.717) is 30.8 Å². The van der Waals surface area contributed by atoms with Crippen LogP contribution in [0.4, 0.5) is 0 Å². The Bertz CT molecular complexity index is 779. The van der Waals surface area contributed by atoms with Gasteiger partial charge in [-0.05, 0) is 51.9 Å². The molecule has 172 valence electrons. The highest BCUT2D eigenvalue weighted by molar-refractivity contribution is 5.79. The molecule has 0 aliphatic carbocycles. The number of nitrogens with one attached hydrogen (secondary N) is 1. The summed E-state index contributed by atoms with van der Waals surface area (Å²) in [4.78, 5) is 34.2. The summed E-state index contributed by atoms with van der Waals surface area (Å²) in [5, 5.41) is 3.05. The van der Waals surface area contributed by atoms with Gasteiger partial charge in [-0.1, -0.05) is 0 Å². The molecular formula is C23H37N5O3. The molecule has 1 aromatic rings. The maximum absolute atomic E-state index is 12.9. The van der Waals surface area contributed by atoms with Gasteiger partial charge in [-0.25, -0.2) is 4.98 Å². The average molecular weight is 432 g/mol. The van der Waals surface area contributed by atoms with Gasteiger partial charge in [0.25, 0.3) is 0 Å². The van der Waals surface area contributed by atoms with Crippen molar-refractivity contribution in [2.45, 2.75) is 77.7 Å². The number of hydrogen-bond acceptors (Lipinski definition) is 5. The largest absolute Gasteiger partial charge is 0.369 e. The monoisotopic (exact) mass is 431 g/mol. The molecular weight excluding hydrogens is 394 g/mol. The average Bonchev–Trinajstić information content (AvgIpc) is 3.19. The number of nitrogens with zero attached hydrogens (tertiary/aromatic N) is 4. The Kier molecular flexibility index (Phi) is 6.96. The van der Waals surface area contributed by atoms with E-state index >= 15 is 0 Å². The molecule has 2 bridgehead atoms. The van der Waals surface area contributed by atoms with Crippen LogP contribution in [-0.4, -0.2) is 75.6 Å². The van der Waals surface area contributed by atoms with Crippen molar-refractivity contribution in [2.24, 2.45) is 11.8 Å². The molecule has 31 heavy (non-hydrogen) atoms. The SMILES string of the molecule is CCn1cncc1CN1C[C@H]2C[C@@H](C1)[C@H](CNC(=O)COC(C)C)N1C(=O)CCC[C@@H]21. The molecule has 3 saturated heterocycles. The molecule has 1 N–H and O–H groups in total. The summed E-state index contributed by atoms with van der Waals surface area (Å²) in [6, 6.07) is 0.362. The smallest absolute Gasteiger partial charge is 0.246 e. The molecule has 4 heterocycles. The van der Waals surface area contributed by atoms with Gasteiger partial charge in [0.1, 0.15) is 6.61 Å². The van der Waals surface area contributed by atoms with Gasteiger partial charge in [-0.2, -0.15) is 0 Å². The molecule has 8 nitrogen and oxygen atoms in total. The predicted molar refractivity (Wildman–Crippen MR) is 117 cm³/mol. The van der Waals surface area contributed by atoms with E-state index in [1.165, 1.54) is 5.69 Å². The predicted octanol–water partition coefficient (Wildman–Crippen LogP) is 1.65. The lowest BCUT2D eigenvalue weighted by Gasteiger charge is -2.56. The molecule has 0 spiro atoms. The van der Waals surface area contributed by atoms with Gasteiger partial charge in [-0.3, -0.25) is 14.5 Å². The van der Waals surface area contributed by atoms with Gasteiger partial charge < -0.3 is 19.5 Å². The zero-order chi connectivity index (χ0) is 22.0. The number of ether oxygens (including phenoxy) is 1. The third-order valence-corrected chi connectivity index (χ3v) is 7.15. The van der Waals surface area contributed by atoms with Crippen LogP contribution in [0.25, 0.3) is 0 Å². The number of piperidine rings is 3. The zero-order valence-corrected chi connectivity index (χ0v) is 19.1. The normalized spacial score (nSPS) is 28.6. The fourth-order valence-electron chi connectivity index (χ4n) is 5.77. The van der Waals surface area contributed by atoms with Crippen LogP contribution in [0.15, 0.2) is 12.5 Å². The first kappa shape index (κ1) is 22.3. The van der Waals surface area contributed by atoms with Crippen LogP contribution >= 0.6 is 0 Å². The summed E-state index contributed by atoms with van der Waals surface area (Å²) in [7, 11) is 0. The third-order valence-electron chi connectivity index (χ3n) is 7.15. The maximum Gasteiger partial charge on any atom is 0.246 e. The lowest BCUT2D eigenvalue weighted by molar-refractivity contribution is -0.153. The molecule has 0 saturated carbocycles. The molecule has 0 unspecified atom stereocenters. The molecule has 1 aromatic heterocycles. The van der Waals surface area contributed by atoms with Crippen molar-refractivity contribution >= 4 is 11.8 Å². The number of aromatic nitrogens is 2. The van der Waals surface area contributed by atoms with Gasteiger partial charge in [-0.15, -0.1) is 0 Å². The van der Waals surface area contributed by atoms with Crippen LogP contribution < -0.4 is 5.32 Å². The first-order valence-electron chi connectivity index (χ1n) is 11.9. The number of carbonyl (C=O) groups excluding carboxylic acids is 2. The van der Waals surface area contributed by atoms with Gasteiger partial charge in [0, 0.05) is 51.4 Å². The summed E-state index contributed by atoms with van der Waals surface area (Å²) in [6.45, 7) is 10.4. The summed E-state index contributed by atoms with van der Waals surface area (Å²) >= 11 is 0. The van der Waals surface area contributed by atoms with Crippen molar-refractivity contribution in [3.63, 3.8) is 0 Å². The van der Waals surface area contributed by atoms with Crippen molar-refractivity contribution in [1.29, 1.82) is 0 Å². The minimum Gasteiger partial charge on any atom is -0.369 e. The van der Waals surface area contributed by atoms with E-state index < -0.39 is 0 Å². The first-order valence-corrected chi connectivity index (χ1v) is 11.9. The summed E-state index contributed by atoms with van der Waals surface area (Å²) in [5.74, 6) is 1.05. The van der Waals surface area contributed by atoms with Crippen LogP contribution in [0.1, 0.15) is 52.1 Å². The van der Waals surface area contributed by atoms with Crippen molar-refractivity contribution in [3.8, 4) is 0 Å². The quantitative estimate of drug-likeness (QED) is 0.677. The third kappa shape index (κ3) is 4.95. The van der Waals surface area contributed by atoms with E-state index in [2.05, 4.69) is 31.6 Å². The lowest BCUT2D eigenvalue weighted by Crippen LogP contribution is -2.67. The number of carbonyl (C=O) groups is 2. The molecule has 3 aliphatic rings. The topological polar surface area (TPSA) is 79.7 Å². The number of likely N-dealkylation sites (tertiary alicyclic amines) is 1. The zero-order valence-electron chi connectivity index (χ0n) is 19.1. The summed E-state index contributed by atoms with van der Waals surface area (Å²) < 4.78 is 7.64. The molecule has 8 heteroatoms. The number of amides is 2. The highest BCUT2D eigenvalue weighted by Gasteiger charge is 2.49. The Hall–Kier alpha value is -1.93. The van der Waals surface area contributed by atoms with E-state index in [1.807, 2.05) is 26.4 Å². The second-order valence-corrected chi connectivity index (χ2v) is 9.61. The Morgan fingerprint density at radius 2 is 2.13 bits per heavy atom. The van der Waals surface area contributed by atoms with E-state index in [-0.39, 0.29) is 30.6 Å². The van der Waals surface area contributed by atoms with Crippen LogP contribution in [0.3, 0.4) is 0 Å². The van der Waals surface area contributed by atoms with Crippen LogP contribution in [0.2, 0.25) is 0 Å². The van der Waals surface area contributed by atoms with E-state index in [0.717, 1.165) is 45.4 Å². The lowest BCUT2D eigenvalue weighted by atomic mass is 9.72. The maximum atomic E-state index is 12.9. The van der Waals surface area contributed by atoms with Gasteiger partial charge in [0.15, 0.2) is 0 Å². The number of fused-ring (bicyclic) bond motifs is 4. The minimum atomic E-state index is -0.101. The Morgan fingerprint density at radius 1 is 1.32 bits per heavy atom. The fourth-order valence-corrected chi connectivity index (χ4v) is 5.77. The number of rotatable bonds is 8. The van der Waals surface area contributed by atoms with Crippen molar-refractivity contribution in [2.75, 3.05) is 26.2 Å². The first-order chi connectivity index (χ1) is 15.0. The van der Waals surface area contributed by atoms with Crippen molar-refractivity contribution in [3.05, 3.63) is 18.2 Å². The molecule has 0 aromatic carbocycles. The van der Waals surface area contributed by atoms with Crippen LogP contribution in [0, 0.1) is 11.8 Å². The van der Waals surface area contributed by atoms with Gasteiger partial charge >= 0.3 is 0 Å². The van der Waals surface area contributed by atoms with Gasteiger partial charge in [0.2, 0.25) is 11.8 Å². The number of imidazole rings is 1. The van der Waals surface area contributed by atoms with E-state index in [4.69, 9.17) is 4.74 Å². The second kappa shape index (κ2) is 9.69. The minimum absolute atomic E-state index is 0.0257. The Balaban J connectivity index is 1.46. The number of hydrogen-bond donors (Lipinski definition) is 1. The Labute approximate surface area is 185 Å².